The number of likely N-dealkylation sites (tertiary alicyclic amines) is 1. The highest BCUT2D eigenvalue weighted by atomic mass is 16.3. The van der Waals surface area contributed by atoms with E-state index < -0.39 is 0 Å². The predicted octanol–water partition coefficient (Wildman–Crippen LogP) is 1.10. The molecule has 2 nitrogen and oxygen atoms in total. The van der Waals surface area contributed by atoms with E-state index in [-0.39, 0.29) is 0 Å². The minimum Gasteiger partial charge on any atom is -0.395 e. The number of likely N-dealkylation sites (N-methyl/N-ethyl adjacent to an activating group) is 1. The van der Waals surface area contributed by atoms with Crippen LogP contribution in [0.3, 0.4) is 0 Å². The highest BCUT2D eigenvalue weighted by Crippen LogP contribution is 2.33. The quantitative estimate of drug-likeness (QED) is 0.649. The van der Waals surface area contributed by atoms with Gasteiger partial charge >= 0.3 is 0 Å². The van der Waals surface area contributed by atoms with Gasteiger partial charge < -0.3 is 5.11 Å². The van der Waals surface area contributed by atoms with E-state index in [1.54, 1.807) is 0 Å². The largest absolute Gasteiger partial charge is 0.395 e. The van der Waals surface area contributed by atoms with Crippen molar-refractivity contribution in [2.24, 2.45) is 5.41 Å². The van der Waals surface area contributed by atoms with Crippen LogP contribution in [-0.4, -0.2) is 35.7 Å². The fourth-order valence-corrected chi connectivity index (χ4v) is 2.06. The van der Waals surface area contributed by atoms with Gasteiger partial charge in [0.25, 0.3) is 0 Å². The molecule has 1 N–H and O–H groups in total. The number of hydrogen-bond acceptors (Lipinski definition) is 2. The van der Waals surface area contributed by atoms with E-state index in [0.717, 1.165) is 19.5 Å². The summed E-state index contributed by atoms with van der Waals surface area (Å²) in [6, 6.07) is 0.412. The minimum atomic E-state index is 0.317. The molecule has 0 aromatic rings. The van der Waals surface area contributed by atoms with Gasteiger partial charge in [0.1, 0.15) is 0 Å². The summed E-state index contributed by atoms with van der Waals surface area (Å²) in [4.78, 5) is 2.36. The van der Waals surface area contributed by atoms with E-state index in [1.807, 2.05) is 0 Å². The van der Waals surface area contributed by atoms with Gasteiger partial charge in [-0.1, -0.05) is 20.8 Å². The Kier molecular flexibility index (Phi) is 2.55. The third kappa shape index (κ3) is 1.94. The minimum absolute atomic E-state index is 0.317. The van der Waals surface area contributed by atoms with Crippen LogP contribution in [0.4, 0.5) is 0 Å². The first kappa shape index (κ1) is 9.01. The Balaban J connectivity index is 2.55. The van der Waals surface area contributed by atoms with Crippen LogP contribution < -0.4 is 0 Å². The van der Waals surface area contributed by atoms with E-state index in [0.29, 0.717) is 18.1 Å². The Morgan fingerprint density at radius 3 is 2.55 bits per heavy atom. The Bertz CT molecular complexity index is 120. The summed E-state index contributed by atoms with van der Waals surface area (Å²) >= 11 is 0. The van der Waals surface area contributed by atoms with Gasteiger partial charge in [0.2, 0.25) is 0 Å². The highest BCUT2D eigenvalue weighted by Gasteiger charge is 2.35. The van der Waals surface area contributed by atoms with Crippen LogP contribution in [0.5, 0.6) is 0 Å². The molecule has 1 saturated heterocycles. The first-order chi connectivity index (χ1) is 5.09. The van der Waals surface area contributed by atoms with E-state index in [2.05, 4.69) is 25.7 Å². The lowest BCUT2D eigenvalue weighted by molar-refractivity contribution is 0.164. The summed E-state index contributed by atoms with van der Waals surface area (Å²) < 4.78 is 0. The summed E-state index contributed by atoms with van der Waals surface area (Å²) in [5.41, 5.74) is 0.406. The van der Waals surface area contributed by atoms with Crippen LogP contribution in [0.1, 0.15) is 27.2 Å². The van der Waals surface area contributed by atoms with Gasteiger partial charge in [-0.05, 0) is 18.4 Å². The molecule has 0 spiro atoms. The van der Waals surface area contributed by atoms with Crippen LogP contribution in [0, 0.1) is 5.41 Å². The molecule has 1 rings (SSSR count). The smallest absolute Gasteiger partial charge is 0.0587 e. The predicted molar refractivity (Wildman–Crippen MR) is 46.5 cm³/mol. The maximum absolute atomic E-state index is 9.06. The van der Waals surface area contributed by atoms with Gasteiger partial charge in [0.05, 0.1) is 6.61 Å². The molecule has 0 aliphatic carbocycles. The SMILES string of the molecule is CCN1CC(C)(C)C[C@@H]1CO. The normalized spacial score (nSPS) is 31.1. The first-order valence-electron chi connectivity index (χ1n) is 4.44. The van der Waals surface area contributed by atoms with Crippen molar-refractivity contribution < 1.29 is 5.11 Å². The Morgan fingerprint density at radius 2 is 2.18 bits per heavy atom. The van der Waals surface area contributed by atoms with E-state index in [4.69, 9.17) is 5.11 Å². The molecular weight excluding hydrogens is 138 g/mol. The number of aliphatic hydroxyl groups excluding tert-OH is 1. The van der Waals surface area contributed by atoms with Gasteiger partial charge in [-0.25, -0.2) is 0 Å². The van der Waals surface area contributed by atoms with Crippen molar-refractivity contribution in [1.82, 2.24) is 4.90 Å². The lowest BCUT2D eigenvalue weighted by atomic mass is 9.91. The molecule has 1 fully saturated rings. The topological polar surface area (TPSA) is 23.5 Å². The van der Waals surface area contributed by atoms with Crippen molar-refractivity contribution in [3.63, 3.8) is 0 Å². The standard InChI is InChI=1S/C9H19NO/c1-4-10-7-9(2,3)5-8(10)6-11/h8,11H,4-7H2,1-3H3/t8-/m1/s1. The molecule has 0 saturated carbocycles. The molecule has 1 aliphatic rings. The number of hydrogen-bond donors (Lipinski definition) is 1. The van der Waals surface area contributed by atoms with Crippen LogP contribution in [0.2, 0.25) is 0 Å². The highest BCUT2D eigenvalue weighted by molar-refractivity contribution is 4.89. The fraction of sp³-hybridized carbons (Fsp3) is 1.00. The molecule has 0 aromatic carbocycles. The maximum Gasteiger partial charge on any atom is 0.0587 e. The van der Waals surface area contributed by atoms with Crippen molar-refractivity contribution >= 4 is 0 Å². The summed E-state index contributed by atoms with van der Waals surface area (Å²) in [5, 5.41) is 9.06. The Labute approximate surface area is 69.2 Å². The first-order valence-corrected chi connectivity index (χ1v) is 4.44. The maximum atomic E-state index is 9.06. The van der Waals surface area contributed by atoms with Gasteiger partial charge in [0.15, 0.2) is 0 Å². The van der Waals surface area contributed by atoms with Crippen molar-refractivity contribution in [1.29, 1.82) is 0 Å². The second kappa shape index (κ2) is 3.11. The molecule has 0 amide bonds. The molecule has 0 radical (unpaired) electrons. The molecule has 1 atom stereocenters. The van der Waals surface area contributed by atoms with E-state index in [1.165, 1.54) is 0 Å². The summed E-state index contributed by atoms with van der Waals surface area (Å²) in [7, 11) is 0. The molecule has 0 aromatic heterocycles. The monoisotopic (exact) mass is 157 g/mol. The zero-order valence-electron chi connectivity index (χ0n) is 7.80. The van der Waals surface area contributed by atoms with Gasteiger partial charge in [-0.2, -0.15) is 0 Å². The zero-order valence-corrected chi connectivity index (χ0v) is 7.80. The van der Waals surface area contributed by atoms with E-state index in [9.17, 15) is 0 Å². The summed E-state index contributed by atoms with van der Waals surface area (Å²) in [6.45, 7) is 9.21. The number of aliphatic hydroxyl groups is 1. The molecule has 0 bridgehead atoms. The third-order valence-electron chi connectivity index (χ3n) is 2.55. The van der Waals surface area contributed by atoms with Crippen LogP contribution in [-0.2, 0) is 0 Å². The van der Waals surface area contributed by atoms with Crippen molar-refractivity contribution in [3.05, 3.63) is 0 Å². The fourth-order valence-electron chi connectivity index (χ4n) is 2.06. The second-order valence-corrected chi connectivity index (χ2v) is 4.27. The van der Waals surface area contributed by atoms with Crippen molar-refractivity contribution in [2.75, 3.05) is 19.7 Å². The number of nitrogens with zero attached hydrogens (tertiary/aromatic N) is 1. The van der Waals surface area contributed by atoms with Gasteiger partial charge in [-0.3, -0.25) is 4.90 Å². The third-order valence-corrected chi connectivity index (χ3v) is 2.55. The average Bonchev–Trinajstić information content (AvgIpc) is 2.25. The van der Waals surface area contributed by atoms with Gasteiger partial charge in [-0.15, -0.1) is 0 Å². The molecule has 11 heavy (non-hydrogen) atoms. The molecular formula is C9H19NO. The van der Waals surface area contributed by atoms with Crippen molar-refractivity contribution in [3.8, 4) is 0 Å². The molecule has 0 unspecified atom stereocenters. The molecule has 1 aliphatic heterocycles. The van der Waals surface area contributed by atoms with Crippen LogP contribution in [0.15, 0.2) is 0 Å². The summed E-state index contributed by atoms with van der Waals surface area (Å²) in [6.07, 6.45) is 1.14. The molecule has 66 valence electrons. The molecule has 2 heteroatoms. The Hall–Kier alpha value is -0.0800. The molecule has 1 heterocycles. The zero-order chi connectivity index (χ0) is 8.48. The van der Waals surface area contributed by atoms with Crippen molar-refractivity contribution in [2.45, 2.75) is 33.2 Å². The lowest BCUT2D eigenvalue weighted by Crippen LogP contribution is -2.32. The number of rotatable bonds is 2. The lowest BCUT2D eigenvalue weighted by Gasteiger charge is -2.20. The van der Waals surface area contributed by atoms with E-state index >= 15 is 0 Å². The van der Waals surface area contributed by atoms with Gasteiger partial charge in [0, 0.05) is 12.6 Å². The second-order valence-electron chi connectivity index (χ2n) is 4.27. The summed E-state index contributed by atoms with van der Waals surface area (Å²) in [5.74, 6) is 0. The average molecular weight is 157 g/mol. The van der Waals surface area contributed by atoms with Crippen LogP contribution in [0.25, 0.3) is 0 Å². The van der Waals surface area contributed by atoms with Crippen LogP contribution >= 0.6 is 0 Å². The Morgan fingerprint density at radius 1 is 1.55 bits per heavy atom.